The van der Waals surface area contributed by atoms with Gasteiger partial charge in [-0.05, 0) is 263 Å². The van der Waals surface area contributed by atoms with E-state index in [1.807, 2.05) is 6.07 Å². The van der Waals surface area contributed by atoms with Crippen molar-refractivity contribution in [2.24, 2.45) is 0 Å². The summed E-state index contributed by atoms with van der Waals surface area (Å²) in [6, 6.07) is 181. The van der Waals surface area contributed by atoms with Crippen molar-refractivity contribution >= 4 is 114 Å². The number of rotatable bonds is 20. The van der Waals surface area contributed by atoms with Crippen molar-refractivity contribution in [2.45, 2.75) is 38.5 Å². The summed E-state index contributed by atoms with van der Waals surface area (Å²) in [6.07, 6.45) is 0. The van der Waals surface area contributed by atoms with Crippen LogP contribution >= 0.6 is 0 Å². The number of nitrogens with zero attached hydrogens (tertiary/aromatic N) is 8. The smallest absolute Gasteiger partial charge is 0.0726 e. The third-order valence-corrected chi connectivity index (χ3v) is 25.1. The Hall–Kier alpha value is -16.4. The van der Waals surface area contributed by atoms with Crippen LogP contribution in [0.3, 0.4) is 0 Å². The molecule has 21 rings (SSSR count). The molecule has 0 bridgehead atoms. The normalized spacial score (nSPS) is 11.5. The van der Waals surface area contributed by atoms with Gasteiger partial charge in [0.05, 0.1) is 39.5 Å². The van der Waals surface area contributed by atoms with Gasteiger partial charge in [-0.1, -0.05) is 336 Å². The standard InChI is InChI=1S/C44H32N2.C29H30N2.C26H24N2.C25H22N2/c1-45(33-19-14-20-35(29-33)46(31-15-4-2-5-16-31)32-17-6-3-7-18-32)34-27-28-39-38-23-10-13-26-42(38)44(43(39)30-34)40-24-11-8-21-36(40)37-22-9-12-25-41(37)44;1-29(2,3)23-19-21-24(22-20-23)30(4)27-17-11-12-18-28(27)31(25-13-7-5-8-14-25)26-15-9-6-10-16-26;1-21-17-19-22(20-18-21)27(2)25-15-9-10-16-26(25)28(23-11-5-3-6-12-23)24-13-7-4-8-14-24;1-26(21-13-5-2-6-14-21)24-19-11-12-20-25(24)27(22-15-7-3-8-16-22)23-17-9-4-10-18-23/h2-30H,1H3;5-22H,1-4H3;3-20H,1-2H3;2-20H,1H3. The van der Waals surface area contributed by atoms with E-state index in [9.17, 15) is 0 Å². The Morgan fingerprint density at radius 1 is 0.167 bits per heavy atom. The van der Waals surface area contributed by atoms with Gasteiger partial charge >= 0.3 is 0 Å². The highest BCUT2D eigenvalue weighted by Crippen LogP contribution is 2.63. The SMILES string of the molecule is CN(c1ccc(C(C)(C)C)cc1)c1ccccc1N(c1ccccc1)c1ccccc1.CN(c1cccc(N(c2ccccc2)c2ccccc2)c1)c1ccc2c(c1)C1(c3ccccc3-c3ccccc31)c1ccccc1-2.CN(c1ccccc1)c1ccccc1N(c1ccccc1)c1ccccc1.Cc1ccc(N(C)c2ccccc2N(c2ccccc2)c2ccccc2)cc1. The second-order valence-corrected chi connectivity index (χ2v) is 34.3. The Morgan fingerprint density at radius 3 is 0.712 bits per heavy atom. The molecule has 0 fully saturated rings. The number of hydrogen-bond acceptors (Lipinski definition) is 8. The summed E-state index contributed by atoms with van der Waals surface area (Å²) in [4.78, 5) is 18.3. The highest BCUT2D eigenvalue weighted by molar-refractivity contribution is 5.97. The fraction of sp³-hybridized carbons (Fsp3) is 0.0806. The average Bonchev–Trinajstić information content (AvgIpc) is 1.51. The molecule has 0 radical (unpaired) electrons. The van der Waals surface area contributed by atoms with Gasteiger partial charge in [0.15, 0.2) is 0 Å². The topological polar surface area (TPSA) is 25.9 Å². The number of anilines is 20. The highest BCUT2D eigenvalue weighted by atomic mass is 15.2. The van der Waals surface area contributed by atoms with Crippen LogP contribution in [0.5, 0.6) is 0 Å². The van der Waals surface area contributed by atoms with E-state index in [0.29, 0.717) is 0 Å². The van der Waals surface area contributed by atoms with Crippen molar-refractivity contribution in [1.82, 2.24) is 0 Å². The van der Waals surface area contributed by atoms with Crippen LogP contribution in [0.25, 0.3) is 22.3 Å². The summed E-state index contributed by atoms with van der Waals surface area (Å²) in [7, 11) is 8.56. The first-order valence-electron chi connectivity index (χ1n) is 45.4. The Labute approximate surface area is 779 Å². The zero-order valence-corrected chi connectivity index (χ0v) is 76.1. The van der Waals surface area contributed by atoms with Gasteiger partial charge in [0, 0.05) is 108 Å². The molecule has 0 N–H and O–H groups in total. The third kappa shape index (κ3) is 18.0. The minimum absolute atomic E-state index is 0.145. The summed E-state index contributed by atoms with van der Waals surface area (Å²) in [5.74, 6) is 0. The third-order valence-electron chi connectivity index (χ3n) is 25.1. The summed E-state index contributed by atoms with van der Waals surface area (Å²) < 4.78 is 0. The molecular weight excluding hydrogens is 1600 g/mol. The molecule has 2 aliphatic rings. The van der Waals surface area contributed by atoms with Crippen molar-refractivity contribution in [3.05, 3.63) is 543 Å². The highest BCUT2D eigenvalue weighted by Gasteiger charge is 2.51. The van der Waals surface area contributed by atoms with Gasteiger partial charge in [-0.2, -0.15) is 0 Å². The van der Waals surface area contributed by atoms with Crippen LogP contribution < -0.4 is 39.2 Å². The van der Waals surface area contributed by atoms with Crippen molar-refractivity contribution in [1.29, 1.82) is 0 Å². The molecule has 8 nitrogen and oxygen atoms in total. The maximum absolute atomic E-state index is 2.44. The van der Waals surface area contributed by atoms with E-state index in [-0.39, 0.29) is 10.8 Å². The first kappa shape index (κ1) is 86.3. The van der Waals surface area contributed by atoms with Gasteiger partial charge in [-0.25, -0.2) is 0 Å². The number of aryl methyl sites for hydroxylation is 1. The predicted molar refractivity (Wildman–Crippen MR) is 562 cm³/mol. The first-order chi connectivity index (χ1) is 64.8. The van der Waals surface area contributed by atoms with Gasteiger partial charge in [0.25, 0.3) is 0 Å². The lowest BCUT2D eigenvalue weighted by atomic mass is 9.70. The quantitative estimate of drug-likeness (QED) is 0.0745. The number of benzene rings is 19. The van der Waals surface area contributed by atoms with E-state index < -0.39 is 0 Å². The van der Waals surface area contributed by atoms with E-state index in [1.165, 1.54) is 67.0 Å². The van der Waals surface area contributed by atoms with Crippen molar-refractivity contribution in [2.75, 3.05) is 67.4 Å². The van der Waals surface area contributed by atoms with Crippen LogP contribution in [-0.2, 0) is 10.8 Å². The molecule has 0 aromatic heterocycles. The Balaban J connectivity index is 0.000000121. The van der Waals surface area contributed by atoms with E-state index in [4.69, 9.17) is 0 Å². The lowest BCUT2D eigenvalue weighted by Crippen LogP contribution is -2.26. The Morgan fingerprint density at radius 2 is 0.394 bits per heavy atom. The molecular formula is C124H108N8. The monoisotopic (exact) mass is 1710 g/mol. The summed E-state index contributed by atoms with van der Waals surface area (Å²) >= 11 is 0. The minimum atomic E-state index is -0.352. The second-order valence-electron chi connectivity index (χ2n) is 34.3. The summed E-state index contributed by atoms with van der Waals surface area (Å²) in [6.45, 7) is 8.86. The maximum Gasteiger partial charge on any atom is 0.0726 e. The Bertz CT molecular complexity index is 6780. The maximum atomic E-state index is 2.44. The zero-order valence-electron chi connectivity index (χ0n) is 76.1. The van der Waals surface area contributed by atoms with Crippen LogP contribution in [0.4, 0.5) is 114 Å². The summed E-state index contributed by atoms with van der Waals surface area (Å²) in [5.41, 5.74) is 36.0. The van der Waals surface area contributed by atoms with E-state index in [1.54, 1.807) is 0 Å². The Kier molecular flexibility index (Phi) is 25.8. The molecule has 132 heavy (non-hydrogen) atoms. The molecule has 1 spiro atoms. The molecule has 19 aromatic carbocycles. The van der Waals surface area contributed by atoms with E-state index in [2.05, 4.69) is 599 Å². The minimum Gasteiger partial charge on any atom is -0.345 e. The van der Waals surface area contributed by atoms with Gasteiger partial charge in [0.2, 0.25) is 0 Å². The first-order valence-corrected chi connectivity index (χ1v) is 45.4. The van der Waals surface area contributed by atoms with Crippen LogP contribution in [0, 0.1) is 6.92 Å². The largest absolute Gasteiger partial charge is 0.345 e. The summed E-state index contributed by atoms with van der Waals surface area (Å²) in [5, 5.41) is 0. The predicted octanol–water partition coefficient (Wildman–Crippen LogP) is 33.6. The number of para-hydroxylation sites is 15. The van der Waals surface area contributed by atoms with Crippen molar-refractivity contribution < 1.29 is 0 Å². The molecule has 0 unspecified atom stereocenters. The zero-order chi connectivity index (χ0) is 90.3. The molecule has 0 saturated carbocycles. The molecule has 0 saturated heterocycles. The molecule has 0 atom stereocenters. The van der Waals surface area contributed by atoms with Crippen LogP contribution in [0.15, 0.2) is 510 Å². The van der Waals surface area contributed by atoms with Gasteiger partial charge in [0.1, 0.15) is 0 Å². The van der Waals surface area contributed by atoms with Gasteiger partial charge in [-0.3, -0.25) is 0 Å². The van der Waals surface area contributed by atoms with E-state index >= 15 is 0 Å². The molecule has 644 valence electrons. The van der Waals surface area contributed by atoms with Crippen LogP contribution in [0.2, 0.25) is 0 Å². The number of fused-ring (bicyclic) bond motifs is 10. The average molecular weight is 1710 g/mol. The molecule has 0 heterocycles. The van der Waals surface area contributed by atoms with Gasteiger partial charge < -0.3 is 39.2 Å². The fourth-order valence-corrected chi connectivity index (χ4v) is 18.5. The molecule has 19 aromatic rings. The van der Waals surface area contributed by atoms with Crippen molar-refractivity contribution in [3.8, 4) is 22.3 Å². The number of hydrogen-bond donors (Lipinski definition) is 0. The van der Waals surface area contributed by atoms with Crippen LogP contribution in [-0.4, -0.2) is 28.2 Å². The van der Waals surface area contributed by atoms with E-state index in [0.717, 1.165) is 102 Å². The molecule has 0 aliphatic heterocycles. The van der Waals surface area contributed by atoms with Crippen molar-refractivity contribution in [3.63, 3.8) is 0 Å². The van der Waals surface area contributed by atoms with Gasteiger partial charge in [-0.15, -0.1) is 0 Å². The lowest BCUT2D eigenvalue weighted by molar-refractivity contribution is 0.590. The molecule has 8 heteroatoms. The fourth-order valence-electron chi connectivity index (χ4n) is 18.5. The van der Waals surface area contributed by atoms with Crippen LogP contribution in [0.1, 0.15) is 54.2 Å². The second kappa shape index (κ2) is 39.4. The molecule has 2 aliphatic carbocycles. The molecule has 0 amide bonds. The lowest BCUT2D eigenvalue weighted by Gasteiger charge is -2.31.